The monoisotopic (exact) mass is 414 g/mol. The van der Waals surface area contributed by atoms with Crippen LogP contribution in [0.3, 0.4) is 0 Å². The van der Waals surface area contributed by atoms with Crippen molar-refractivity contribution in [1.29, 1.82) is 0 Å². The lowest BCUT2D eigenvalue weighted by molar-refractivity contribution is -0.385. The van der Waals surface area contributed by atoms with Gasteiger partial charge in [-0.05, 0) is 36.7 Å². The highest BCUT2D eigenvalue weighted by Gasteiger charge is 2.39. The number of hydrogen-bond acceptors (Lipinski definition) is 7. The topological polar surface area (TPSA) is 88.7 Å². The smallest absolute Gasteiger partial charge is 0.276 e. The quantitative estimate of drug-likeness (QED) is 0.399. The lowest BCUT2D eigenvalue weighted by Crippen LogP contribution is -2.40. The second-order valence-corrected chi connectivity index (χ2v) is 8.48. The number of carbonyl (C=O) groups is 1. The number of aliphatic imine (C=N–C) groups is 1. The maximum Gasteiger partial charge on any atom is 0.276 e. The number of thioether (sulfide) groups is 1. The van der Waals surface area contributed by atoms with Crippen LogP contribution in [-0.2, 0) is 4.79 Å². The number of para-hydroxylation sites is 1. The molecule has 1 aromatic heterocycles. The molecule has 1 aromatic carbocycles. The number of nitro groups is 1. The number of hydrogen-bond donors (Lipinski definition) is 0. The van der Waals surface area contributed by atoms with Crippen LogP contribution in [0.15, 0.2) is 45.7 Å². The number of rotatable bonds is 4. The predicted molar refractivity (Wildman–Crippen MR) is 112 cm³/mol. The Labute approximate surface area is 170 Å². The molecule has 0 atom stereocenters. The van der Waals surface area contributed by atoms with Crippen LogP contribution in [0.25, 0.3) is 6.08 Å². The minimum atomic E-state index is -0.431. The summed E-state index contributed by atoms with van der Waals surface area (Å²) in [4.78, 5) is 35.1. The molecule has 28 heavy (non-hydrogen) atoms. The van der Waals surface area contributed by atoms with Gasteiger partial charge in [-0.25, -0.2) is 4.98 Å². The zero-order chi connectivity index (χ0) is 19.5. The molecular weight excluding hydrogens is 396 g/mol. The third-order valence-electron chi connectivity index (χ3n) is 4.81. The molecule has 1 saturated heterocycles. The number of nitro benzene ring substituents is 1. The molecule has 2 aliphatic rings. The predicted octanol–water partition coefficient (Wildman–Crippen LogP) is 4.99. The molecule has 0 spiro atoms. The van der Waals surface area contributed by atoms with Crippen LogP contribution in [0, 0.1) is 10.1 Å². The van der Waals surface area contributed by atoms with Gasteiger partial charge in [-0.3, -0.25) is 19.8 Å². The van der Waals surface area contributed by atoms with Crippen molar-refractivity contribution in [3.05, 3.63) is 56.4 Å². The summed E-state index contributed by atoms with van der Waals surface area (Å²) in [5.41, 5.74) is 0.403. The minimum Gasteiger partial charge on any atom is -0.283 e. The molecule has 2 aromatic rings. The van der Waals surface area contributed by atoms with Crippen LogP contribution in [0.2, 0.25) is 0 Å². The first-order valence-corrected chi connectivity index (χ1v) is 10.8. The second kappa shape index (κ2) is 8.24. The number of benzene rings is 1. The van der Waals surface area contributed by atoms with Gasteiger partial charge >= 0.3 is 0 Å². The van der Waals surface area contributed by atoms with Gasteiger partial charge in [-0.2, -0.15) is 4.99 Å². The first kappa shape index (κ1) is 18.8. The summed E-state index contributed by atoms with van der Waals surface area (Å²) in [6, 6.07) is 6.56. The standard InChI is InChI=1S/C19H18N4O3S2/c24-17-16(12-13-6-4-5-9-15(13)23(25)26)28-19(21-18-20-10-11-27-18)22(17)14-7-2-1-3-8-14/h4-6,9-12,14H,1-3,7-8H2/b16-12-,21-19+. The average molecular weight is 415 g/mol. The van der Waals surface area contributed by atoms with E-state index in [4.69, 9.17) is 0 Å². The molecule has 1 saturated carbocycles. The fourth-order valence-electron chi connectivity index (χ4n) is 3.50. The highest BCUT2D eigenvalue weighted by Crippen LogP contribution is 2.39. The van der Waals surface area contributed by atoms with Crippen molar-refractivity contribution >= 4 is 51.1 Å². The number of thiazole rings is 1. The number of amides is 1. The van der Waals surface area contributed by atoms with E-state index in [-0.39, 0.29) is 17.6 Å². The van der Waals surface area contributed by atoms with E-state index in [2.05, 4.69) is 9.98 Å². The van der Waals surface area contributed by atoms with E-state index in [9.17, 15) is 14.9 Å². The molecule has 4 rings (SSSR count). The zero-order valence-electron chi connectivity index (χ0n) is 15.0. The molecule has 1 amide bonds. The summed E-state index contributed by atoms with van der Waals surface area (Å²) in [7, 11) is 0. The van der Waals surface area contributed by atoms with Crippen LogP contribution >= 0.6 is 23.1 Å². The maximum atomic E-state index is 13.2. The summed E-state index contributed by atoms with van der Waals surface area (Å²) in [5, 5.41) is 14.4. The first-order valence-electron chi connectivity index (χ1n) is 9.08. The Morgan fingerprint density at radius 1 is 1.25 bits per heavy atom. The van der Waals surface area contributed by atoms with Gasteiger partial charge in [0.25, 0.3) is 11.6 Å². The largest absolute Gasteiger partial charge is 0.283 e. The number of aromatic nitrogens is 1. The number of carbonyl (C=O) groups excluding carboxylic acids is 1. The van der Waals surface area contributed by atoms with Gasteiger partial charge in [0.2, 0.25) is 5.13 Å². The van der Waals surface area contributed by atoms with Gasteiger partial charge in [0.15, 0.2) is 5.17 Å². The zero-order valence-corrected chi connectivity index (χ0v) is 16.6. The average Bonchev–Trinajstić information content (AvgIpc) is 3.31. The van der Waals surface area contributed by atoms with E-state index in [1.54, 1.807) is 35.4 Å². The lowest BCUT2D eigenvalue weighted by Gasteiger charge is -2.30. The van der Waals surface area contributed by atoms with Gasteiger partial charge < -0.3 is 0 Å². The summed E-state index contributed by atoms with van der Waals surface area (Å²) in [6.07, 6.45) is 8.54. The maximum absolute atomic E-state index is 13.2. The Balaban J connectivity index is 1.72. The molecule has 2 fully saturated rings. The minimum absolute atomic E-state index is 0.0158. The second-order valence-electron chi connectivity index (χ2n) is 6.60. The first-order chi connectivity index (χ1) is 13.6. The molecular formula is C19H18N4O3S2. The van der Waals surface area contributed by atoms with E-state index in [0.29, 0.717) is 20.8 Å². The molecule has 0 bridgehead atoms. The van der Waals surface area contributed by atoms with E-state index in [1.165, 1.54) is 35.6 Å². The van der Waals surface area contributed by atoms with E-state index in [0.717, 1.165) is 25.7 Å². The molecule has 0 N–H and O–H groups in total. The fourth-order valence-corrected chi connectivity index (χ4v) is 5.09. The van der Waals surface area contributed by atoms with Gasteiger partial charge in [-0.1, -0.05) is 31.4 Å². The fraction of sp³-hybridized carbons (Fsp3) is 0.316. The summed E-state index contributed by atoms with van der Waals surface area (Å²) in [6.45, 7) is 0. The van der Waals surface area contributed by atoms with Gasteiger partial charge in [0, 0.05) is 23.7 Å². The normalized spacial score (nSPS) is 21.0. The number of amidine groups is 1. The molecule has 9 heteroatoms. The van der Waals surface area contributed by atoms with Crippen LogP contribution in [-0.4, -0.2) is 31.9 Å². The third-order valence-corrected chi connectivity index (χ3v) is 6.46. The van der Waals surface area contributed by atoms with Gasteiger partial charge in [-0.15, -0.1) is 11.3 Å². The SMILES string of the molecule is O=C1/C(=C/c2ccccc2[N+](=O)[O-])S/C(=N/c2nccs2)N1C1CCCCC1. The van der Waals surface area contributed by atoms with Crippen molar-refractivity contribution in [3.8, 4) is 0 Å². The highest BCUT2D eigenvalue weighted by atomic mass is 32.2. The molecule has 1 aliphatic carbocycles. The van der Waals surface area contributed by atoms with Crippen molar-refractivity contribution in [2.75, 3.05) is 0 Å². The van der Waals surface area contributed by atoms with E-state index < -0.39 is 4.92 Å². The number of nitrogens with zero attached hydrogens (tertiary/aromatic N) is 4. The molecule has 1 aliphatic heterocycles. The van der Waals surface area contributed by atoms with Crippen molar-refractivity contribution in [2.24, 2.45) is 4.99 Å². The Kier molecular flexibility index (Phi) is 5.54. The van der Waals surface area contributed by atoms with Crippen LogP contribution in [0.1, 0.15) is 37.7 Å². The third kappa shape index (κ3) is 3.85. The van der Waals surface area contributed by atoms with E-state index in [1.807, 2.05) is 5.38 Å². The van der Waals surface area contributed by atoms with Crippen molar-refractivity contribution in [1.82, 2.24) is 9.88 Å². The Bertz CT molecular complexity index is 950. The van der Waals surface area contributed by atoms with Crippen molar-refractivity contribution in [3.63, 3.8) is 0 Å². The summed E-state index contributed by atoms with van der Waals surface area (Å²) in [5.74, 6) is -0.134. The van der Waals surface area contributed by atoms with Crippen LogP contribution in [0.5, 0.6) is 0 Å². The Hall–Kier alpha value is -2.52. The van der Waals surface area contributed by atoms with Crippen molar-refractivity contribution in [2.45, 2.75) is 38.1 Å². The highest BCUT2D eigenvalue weighted by molar-refractivity contribution is 8.18. The van der Waals surface area contributed by atoms with E-state index >= 15 is 0 Å². The summed E-state index contributed by atoms with van der Waals surface area (Å²) < 4.78 is 0. The van der Waals surface area contributed by atoms with Crippen LogP contribution in [0.4, 0.5) is 10.8 Å². The Morgan fingerprint density at radius 3 is 2.75 bits per heavy atom. The van der Waals surface area contributed by atoms with Crippen molar-refractivity contribution < 1.29 is 9.72 Å². The lowest BCUT2D eigenvalue weighted by atomic mass is 9.94. The van der Waals surface area contributed by atoms with Gasteiger partial charge in [0.1, 0.15) is 0 Å². The molecule has 144 valence electrons. The molecule has 0 radical (unpaired) electrons. The summed E-state index contributed by atoms with van der Waals surface area (Å²) >= 11 is 2.68. The molecule has 7 nitrogen and oxygen atoms in total. The van der Waals surface area contributed by atoms with Gasteiger partial charge in [0.05, 0.1) is 15.4 Å². The molecule has 0 unspecified atom stereocenters. The molecule has 2 heterocycles. The Morgan fingerprint density at radius 2 is 2.04 bits per heavy atom. The van der Waals surface area contributed by atoms with Crippen LogP contribution < -0.4 is 0 Å².